The Bertz CT molecular complexity index is 1140. The summed E-state index contributed by atoms with van der Waals surface area (Å²) < 4.78 is 13.4. The molecule has 9 heteroatoms. The number of rotatable bonds is 5. The highest BCUT2D eigenvalue weighted by molar-refractivity contribution is 6.30. The maximum atomic E-state index is 12.7. The monoisotopic (exact) mass is 467 g/mol. The summed E-state index contributed by atoms with van der Waals surface area (Å²) in [5.41, 5.74) is 1.12. The smallest absolute Gasteiger partial charge is 0.258 e. The minimum atomic E-state index is -0.190. The van der Waals surface area contributed by atoms with E-state index in [4.69, 9.17) is 21.1 Å². The predicted molar refractivity (Wildman–Crippen MR) is 126 cm³/mol. The average molecular weight is 468 g/mol. The largest absolute Gasteiger partial charge is 0.487 e. The van der Waals surface area contributed by atoms with Crippen molar-refractivity contribution in [2.24, 2.45) is 0 Å². The Morgan fingerprint density at radius 3 is 2.85 bits per heavy atom. The molecule has 2 aliphatic heterocycles. The number of nitrogens with zero attached hydrogens (tertiary/aromatic N) is 4. The molecule has 0 bridgehead atoms. The third-order valence-electron chi connectivity index (χ3n) is 6.08. The van der Waals surface area contributed by atoms with Gasteiger partial charge in [0.25, 0.3) is 5.56 Å². The maximum Gasteiger partial charge on any atom is 0.258 e. The molecule has 8 nitrogen and oxygen atoms in total. The van der Waals surface area contributed by atoms with E-state index in [1.54, 1.807) is 41.4 Å². The third-order valence-corrected chi connectivity index (χ3v) is 6.31. The molecule has 0 radical (unpaired) electrons. The Kier molecular flexibility index (Phi) is 6.30. The van der Waals surface area contributed by atoms with Crippen molar-refractivity contribution in [2.45, 2.75) is 25.0 Å². The first-order chi connectivity index (χ1) is 16.1. The van der Waals surface area contributed by atoms with Crippen LogP contribution in [-0.2, 0) is 11.3 Å². The standard InChI is InChI=1S/C24H26ClN5O3/c25-18-2-3-19(27-13-18)15-32-21-6-9-30(23(31)12-21)20-4-5-22(28-14-20)29-10-11-33-24(17-29)7-1-8-26-16-24/h2-6,9,12-14,26H,1,7-8,10-11,15-17H2. The highest BCUT2D eigenvalue weighted by atomic mass is 35.5. The molecular formula is C24H26ClN5O3. The fourth-order valence-corrected chi connectivity index (χ4v) is 4.47. The minimum absolute atomic E-state index is 0.134. The van der Waals surface area contributed by atoms with Gasteiger partial charge in [-0.3, -0.25) is 14.3 Å². The van der Waals surface area contributed by atoms with Crippen LogP contribution in [-0.4, -0.2) is 52.9 Å². The summed E-state index contributed by atoms with van der Waals surface area (Å²) in [6.07, 6.45) is 7.18. The molecule has 2 aliphatic rings. The van der Waals surface area contributed by atoms with Crippen LogP contribution in [0.15, 0.2) is 59.8 Å². The van der Waals surface area contributed by atoms with Gasteiger partial charge in [0.2, 0.25) is 0 Å². The summed E-state index contributed by atoms with van der Waals surface area (Å²) in [6, 6.07) is 10.7. The summed E-state index contributed by atoms with van der Waals surface area (Å²) in [5.74, 6) is 1.38. The number of hydrogen-bond acceptors (Lipinski definition) is 7. The first kappa shape index (κ1) is 21.9. The van der Waals surface area contributed by atoms with E-state index in [0.717, 1.165) is 50.5 Å². The normalized spacial score (nSPS) is 20.7. The molecule has 0 amide bonds. The lowest BCUT2D eigenvalue weighted by Crippen LogP contribution is -2.59. The lowest BCUT2D eigenvalue weighted by Gasteiger charge is -2.45. The molecule has 2 saturated heterocycles. The Morgan fingerprint density at radius 2 is 2.12 bits per heavy atom. The molecule has 1 spiro atoms. The van der Waals surface area contributed by atoms with Crippen molar-refractivity contribution < 1.29 is 9.47 Å². The van der Waals surface area contributed by atoms with Crippen LogP contribution >= 0.6 is 11.6 Å². The van der Waals surface area contributed by atoms with Gasteiger partial charge in [-0.15, -0.1) is 0 Å². The molecule has 0 aromatic carbocycles. The number of hydrogen-bond donors (Lipinski definition) is 1. The second-order valence-corrected chi connectivity index (χ2v) is 8.87. The van der Waals surface area contributed by atoms with Gasteiger partial charge < -0.3 is 19.7 Å². The van der Waals surface area contributed by atoms with Gasteiger partial charge in [-0.2, -0.15) is 0 Å². The summed E-state index contributed by atoms with van der Waals surface area (Å²) in [5, 5.41) is 4.02. The first-order valence-corrected chi connectivity index (χ1v) is 11.5. The second-order valence-electron chi connectivity index (χ2n) is 8.44. The zero-order valence-corrected chi connectivity index (χ0v) is 19.0. The second kappa shape index (κ2) is 9.51. The van der Waals surface area contributed by atoms with Crippen LogP contribution in [0, 0.1) is 0 Å². The van der Waals surface area contributed by atoms with Crippen LogP contribution in [0.3, 0.4) is 0 Å². The fourth-order valence-electron chi connectivity index (χ4n) is 4.36. The van der Waals surface area contributed by atoms with Crippen molar-refractivity contribution in [2.75, 3.05) is 37.7 Å². The van der Waals surface area contributed by atoms with Gasteiger partial charge in [0.1, 0.15) is 18.2 Å². The number of ether oxygens (including phenoxy) is 2. The third kappa shape index (κ3) is 5.03. The Balaban J connectivity index is 1.26. The van der Waals surface area contributed by atoms with Crippen LogP contribution in [0.25, 0.3) is 5.69 Å². The van der Waals surface area contributed by atoms with E-state index in [2.05, 4.69) is 20.2 Å². The summed E-state index contributed by atoms with van der Waals surface area (Å²) in [7, 11) is 0. The van der Waals surface area contributed by atoms with E-state index in [0.29, 0.717) is 23.1 Å². The van der Waals surface area contributed by atoms with E-state index in [1.807, 2.05) is 12.1 Å². The fraction of sp³-hybridized carbons (Fsp3) is 0.375. The van der Waals surface area contributed by atoms with Crippen molar-refractivity contribution >= 4 is 17.4 Å². The zero-order valence-electron chi connectivity index (χ0n) is 18.2. The number of anilines is 1. The molecule has 3 aromatic rings. The van der Waals surface area contributed by atoms with E-state index in [-0.39, 0.29) is 17.8 Å². The summed E-state index contributed by atoms with van der Waals surface area (Å²) >= 11 is 5.85. The van der Waals surface area contributed by atoms with Crippen molar-refractivity contribution in [3.8, 4) is 11.4 Å². The van der Waals surface area contributed by atoms with E-state index < -0.39 is 0 Å². The number of aromatic nitrogens is 3. The molecule has 3 aromatic heterocycles. The molecule has 172 valence electrons. The van der Waals surface area contributed by atoms with Crippen LogP contribution < -0.4 is 20.5 Å². The number of pyridine rings is 3. The minimum Gasteiger partial charge on any atom is -0.487 e. The predicted octanol–water partition coefficient (Wildman–Crippen LogP) is 2.82. The van der Waals surface area contributed by atoms with Gasteiger partial charge in [0.05, 0.1) is 34.8 Å². The Hall–Kier alpha value is -2.94. The quantitative estimate of drug-likeness (QED) is 0.617. The highest BCUT2D eigenvalue weighted by Crippen LogP contribution is 2.28. The maximum absolute atomic E-state index is 12.7. The van der Waals surface area contributed by atoms with Gasteiger partial charge in [-0.25, -0.2) is 4.98 Å². The lowest BCUT2D eigenvalue weighted by molar-refractivity contribution is -0.0690. The van der Waals surface area contributed by atoms with Gasteiger partial charge >= 0.3 is 0 Å². The van der Waals surface area contributed by atoms with Gasteiger partial charge in [0.15, 0.2) is 0 Å². The van der Waals surface area contributed by atoms with E-state index in [1.165, 1.54) is 6.07 Å². The van der Waals surface area contributed by atoms with Crippen LogP contribution in [0.5, 0.6) is 5.75 Å². The summed E-state index contributed by atoms with van der Waals surface area (Å²) in [4.78, 5) is 23.8. The van der Waals surface area contributed by atoms with Crippen molar-refractivity contribution in [1.82, 2.24) is 19.9 Å². The van der Waals surface area contributed by atoms with Crippen molar-refractivity contribution in [3.63, 3.8) is 0 Å². The molecule has 5 heterocycles. The van der Waals surface area contributed by atoms with Crippen LogP contribution in [0.4, 0.5) is 5.82 Å². The molecule has 0 saturated carbocycles. The van der Waals surface area contributed by atoms with Gasteiger partial charge in [-0.1, -0.05) is 11.6 Å². The SMILES string of the molecule is O=c1cc(OCc2ccc(Cl)cn2)ccn1-c1ccc(N2CCOC3(CCCNC3)C2)nc1. The lowest BCUT2D eigenvalue weighted by atomic mass is 9.92. The molecule has 5 rings (SSSR count). The molecule has 33 heavy (non-hydrogen) atoms. The molecule has 2 fully saturated rings. The number of piperidine rings is 1. The topological polar surface area (TPSA) is 81.5 Å². The number of nitrogens with one attached hydrogen (secondary N) is 1. The average Bonchev–Trinajstić information content (AvgIpc) is 2.84. The van der Waals surface area contributed by atoms with Crippen LogP contribution in [0.1, 0.15) is 18.5 Å². The molecule has 1 atom stereocenters. The van der Waals surface area contributed by atoms with E-state index in [9.17, 15) is 4.79 Å². The zero-order chi connectivity index (χ0) is 22.7. The number of morpholine rings is 1. The molecule has 1 unspecified atom stereocenters. The Labute approximate surface area is 197 Å². The van der Waals surface area contributed by atoms with Crippen molar-refractivity contribution in [1.29, 1.82) is 0 Å². The highest BCUT2D eigenvalue weighted by Gasteiger charge is 2.38. The van der Waals surface area contributed by atoms with Gasteiger partial charge in [0, 0.05) is 38.1 Å². The van der Waals surface area contributed by atoms with E-state index >= 15 is 0 Å². The molecule has 0 aliphatic carbocycles. The van der Waals surface area contributed by atoms with Crippen molar-refractivity contribution in [3.05, 3.63) is 76.1 Å². The number of halogens is 1. The molecular weight excluding hydrogens is 442 g/mol. The van der Waals surface area contributed by atoms with Crippen LogP contribution in [0.2, 0.25) is 5.02 Å². The molecule has 1 N–H and O–H groups in total. The first-order valence-electron chi connectivity index (χ1n) is 11.1. The summed E-state index contributed by atoms with van der Waals surface area (Å²) in [6.45, 7) is 4.50. The van der Waals surface area contributed by atoms with Gasteiger partial charge in [-0.05, 0) is 49.7 Å². The Morgan fingerprint density at radius 1 is 1.18 bits per heavy atom.